The molecular weight excluding hydrogens is 388 g/mol. The van der Waals surface area contributed by atoms with Crippen molar-refractivity contribution in [2.75, 3.05) is 7.11 Å². The Balaban J connectivity index is 1.87. The molecule has 0 bridgehead atoms. The first-order valence-corrected chi connectivity index (χ1v) is 10.1. The number of amides is 1. The van der Waals surface area contributed by atoms with E-state index in [4.69, 9.17) is 21.9 Å². The summed E-state index contributed by atoms with van der Waals surface area (Å²) < 4.78 is 6.09. The van der Waals surface area contributed by atoms with Gasteiger partial charge in [-0.3, -0.25) is 4.79 Å². The number of hydrogen-bond acceptors (Lipinski definition) is 5. The lowest BCUT2D eigenvalue weighted by molar-refractivity contribution is -0.115. The number of thiocarbonyl (C=S) groups is 1. The van der Waals surface area contributed by atoms with Crippen LogP contribution in [0.15, 0.2) is 53.4 Å². The van der Waals surface area contributed by atoms with E-state index < -0.39 is 0 Å². The first-order valence-electron chi connectivity index (χ1n) is 8.91. The highest BCUT2D eigenvalue weighted by molar-refractivity contribution is 8.26. The molecule has 28 heavy (non-hydrogen) atoms. The molecule has 0 radical (unpaired) electrons. The molecule has 6 heteroatoms. The van der Waals surface area contributed by atoms with Gasteiger partial charge in [0.25, 0.3) is 5.91 Å². The predicted molar refractivity (Wildman–Crippen MR) is 119 cm³/mol. The van der Waals surface area contributed by atoms with Crippen molar-refractivity contribution >= 4 is 51.2 Å². The Labute approximate surface area is 173 Å². The smallest absolute Gasteiger partial charge is 0.263 e. The van der Waals surface area contributed by atoms with Gasteiger partial charge in [0.05, 0.1) is 23.2 Å². The molecular formula is C22H18N2O2S2. The summed E-state index contributed by atoms with van der Waals surface area (Å²) in [6.07, 6.45) is 2.70. The summed E-state index contributed by atoms with van der Waals surface area (Å²) in [5.41, 5.74) is 4.80. The number of rotatable bonds is 4. The van der Waals surface area contributed by atoms with Gasteiger partial charge < -0.3 is 10.1 Å². The average Bonchev–Trinajstić information content (AvgIpc) is 3.03. The molecule has 1 aliphatic heterocycles. The van der Waals surface area contributed by atoms with Gasteiger partial charge in [-0.15, -0.1) is 0 Å². The quantitative estimate of drug-likeness (QED) is 0.490. The SMILES string of the molecule is CCc1cc2ccccc2nc1-c1cc(C=C2SC(=S)NC2=O)ccc1OC. The van der Waals surface area contributed by atoms with E-state index >= 15 is 0 Å². The molecule has 0 spiro atoms. The van der Waals surface area contributed by atoms with Crippen LogP contribution in [0.1, 0.15) is 18.1 Å². The van der Waals surface area contributed by atoms with Crippen molar-refractivity contribution in [2.24, 2.45) is 0 Å². The minimum Gasteiger partial charge on any atom is -0.496 e. The Kier molecular flexibility index (Phi) is 5.15. The number of carbonyl (C=O) groups excluding carboxylic acids is 1. The Morgan fingerprint density at radius 3 is 2.75 bits per heavy atom. The summed E-state index contributed by atoms with van der Waals surface area (Å²) >= 11 is 6.34. The van der Waals surface area contributed by atoms with Crippen LogP contribution in [0, 0.1) is 0 Å². The number of benzene rings is 2. The minimum atomic E-state index is -0.162. The van der Waals surface area contributed by atoms with Crippen molar-refractivity contribution in [3.63, 3.8) is 0 Å². The number of thioether (sulfide) groups is 1. The third-order valence-corrected chi connectivity index (χ3v) is 5.76. The molecule has 140 valence electrons. The highest BCUT2D eigenvalue weighted by Crippen LogP contribution is 2.35. The van der Waals surface area contributed by atoms with Crippen LogP contribution >= 0.6 is 24.0 Å². The van der Waals surface area contributed by atoms with E-state index in [9.17, 15) is 4.79 Å². The molecule has 3 aromatic rings. The Hall–Kier alpha value is -2.70. The normalized spacial score (nSPS) is 15.3. The van der Waals surface area contributed by atoms with E-state index in [1.165, 1.54) is 11.8 Å². The zero-order chi connectivity index (χ0) is 19.7. The number of aryl methyl sites for hydroxylation is 1. The molecule has 4 nitrogen and oxygen atoms in total. The third-order valence-electron chi connectivity index (χ3n) is 4.60. The van der Waals surface area contributed by atoms with E-state index in [-0.39, 0.29) is 5.91 Å². The summed E-state index contributed by atoms with van der Waals surface area (Å²) in [6, 6.07) is 16.1. The van der Waals surface area contributed by atoms with Gasteiger partial charge in [0.1, 0.15) is 10.1 Å². The maximum Gasteiger partial charge on any atom is 0.263 e. The fourth-order valence-electron chi connectivity index (χ4n) is 3.24. The Morgan fingerprint density at radius 2 is 2.04 bits per heavy atom. The molecule has 2 heterocycles. The predicted octanol–water partition coefficient (Wildman–Crippen LogP) is 4.96. The molecule has 1 fully saturated rings. The molecule has 0 atom stereocenters. The second kappa shape index (κ2) is 7.73. The molecule has 4 rings (SSSR count). The monoisotopic (exact) mass is 406 g/mol. The van der Waals surface area contributed by atoms with Gasteiger partial charge in [-0.1, -0.05) is 55.2 Å². The van der Waals surface area contributed by atoms with Crippen LogP contribution in [0.4, 0.5) is 0 Å². The van der Waals surface area contributed by atoms with Crippen molar-refractivity contribution in [3.05, 3.63) is 64.6 Å². The van der Waals surface area contributed by atoms with E-state index in [0.29, 0.717) is 9.23 Å². The average molecular weight is 407 g/mol. The Bertz CT molecular complexity index is 1140. The van der Waals surface area contributed by atoms with Gasteiger partial charge in [-0.05, 0) is 47.9 Å². The van der Waals surface area contributed by atoms with Crippen molar-refractivity contribution in [1.29, 1.82) is 0 Å². The van der Waals surface area contributed by atoms with Gasteiger partial charge in [0, 0.05) is 10.9 Å². The lowest BCUT2D eigenvalue weighted by Crippen LogP contribution is -2.17. The Morgan fingerprint density at radius 1 is 1.21 bits per heavy atom. The lowest BCUT2D eigenvalue weighted by Gasteiger charge is -2.14. The van der Waals surface area contributed by atoms with Gasteiger partial charge in [0.2, 0.25) is 0 Å². The summed E-state index contributed by atoms with van der Waals surface area (Å²) in [4.78, 5) is 17.5. The molecule has 1 aliphatic rings. The number of hydrogen-bond donors (Lipinski definition) is 1. The molecule has 0 unspecified atom stereocenters. The topological polar surface area (TPSA) is 51.2 Å². The van der Waals surface area contributed by atoms with Crippen LogP contribution < -0.4 is 10.1 Å². The summed E-state index contributed by atoms with van der Waals surface area (Å²) in [5.74, 6) is 0.587. The minimum absolute atomic E-state index is 0.162. The first-order chi connectivity index (χ1) is 13.6. The molecule has 1 N–H and O–H groups in total. The molecule has 1 saturated heterocycles. The standard InChI is InChI=1S/C22H18N2O2S2/c1-3-14-12-15-6-4-5-7-17(15)23-20(14)16-10-13(8-9-18(16)26-2)11-19-21(25)24-22(27)28-19/h4-12H,3H2,1-2H3,(H,24,25,27). The van der Waals surface area contributed by atoms with Crippen LogP contribution in [-0.2, 0) is 11.2 Å². The van der Waals surface area contributed by atoms with Gasteiger partial charge >= 0.3 is 0 Å². The molecule has 0 aliphatic carbocycles. The highest BCUT2D eigenvalue weighted by atomic mass is 32.2. The van der Waals surface area contributed by atoms with Crippen molar-refractivity contribution in [1.82, 2.24) is 10.3 Å². The van der Waals surface area contributed by atoms with Gasteiger partial charge in [0.15, 0.2) is 0 Å². The number of aromatic nitrogens is 1. The molecule has 1 amide bonds. The fourth-order valence-corrected chi connectivity index (χ4v) is 4.28. The number of ether oxygens (including phenoxy) is 1. The second-order valence-electron chi connectivity index (χ2n) is 6.35. The number of para-hydroxylation sites is 1. The maximum absolute atomic E-state index is 12.0. The number of pyridine rings is 1. The van der Waals surface area contributed by atoms with Gasteiger partial charge in [-0.2, -0.15) is 0 Å². The van der Waals surface area contributed by atoms with Crippen molar-refractivity contribution in [3.8, 4) is 17.0 Å². The van der Waals surface area contributed by atoms with Crippen LogP contribution in [-0.4, -0.2) is 22.3 Å². The van der Waals surface area contributed by atoms with E-state index in [1.807, 2.05) is 42.5 Å². The molecule has 1 aromatic heterocycles. The second-order valence-corrected chi connectivity index (χ2v) is 8.07. The molecule has 2 aromatic carbocycles. The van der Waals surface area contributed by atoms with Crippen molar-refractivity contribution in [2.45, 2.75) is 13.3 Å². The highest BCUT2D eigenvalue weighted by Gasteiger charge is 2.22. The zero-order valence-electron chi connectivity index (χ0n) is 15.5. The van der Waals surface area contributed by atoms with Crippen molar-refractivity contribution < 1.29 is 9.53 Å². The summed E-state index contributed by atoms with van der Waals surface area (Å²) in [5, 5.41) is 3.76. The van der Waals surface area contributed by atoms with Crippen LogP contribution in [0.25, 0.3) is 28.2 Å². The van der Waals surface area contributed by atoms with Crippen LogP contribution in [0.2, 0.25) is 0 Å². The number of nitrogens with one attached hydrogen (secondary N) is 1. The number of methoxy groups -OCH3 is 1. The van der Waals surface area contributed by atoms with E-state index in [1.54, 1.807) is 7.11 Å². The maximum atomic E-state index is 12.0. The third kappa shape index (κ3) is 3.53. The number of fused-ring (bicyclic) bond motifs is 1. The van der Waals surface area contributed by atoms with E-state index in [2.05, 4.69) is 24.4 Å². The fraction of sp³-hybridized carbons (Fsp3) is 0.136. The number of nitrogens with zero attached hydrogens (tertiary/aromatic N) is 1. The van der Waals surface area contributed by atoms with Crippen LogP contribution in [0.5, 0.6) is 5.75 Å². The van der Waals surface area contributed by atoms with Crippen LogP contribution in [0.3, 0.4) is 0 Å². The number of carbonyl (C=O) groups is 1. The zero-order valence-corrected chi connectivity index (χ0v) is 17.1. The first kappa shape index (κ1) is 18.7. The molecule has 0 saturated carbocycles. The van der Waals surface area contributed by atoms with Gasteiger partial charge in [-0.25, -0.2) is 4.98 Å². The lowest BCUT2D eigenvalue weighted by atomic mass is 9.99. The largest absolute Gasteiger partial charge is 0.496 e. The summed E-state index contributed by atoms with van der Waals surface area (Å²) in [7, 11) is 1.66. The van der Waals surface area contributed by atoms with E-state index in [0.717, 1.165) is 45.5 Å². The summed E-state index contributed by atoms with van der Waals surface area (Å²) in [6.45, 7) is 2.12.